The van der Waals surface area contributed by atoms with Crippen LogP contribution in [0.4, 0.5) is 0 Å². The van der Waals surface area contributed by atoms with Gasteiger partial charge in [-0.15, -0.1) is 0 Å². The maximum absolute atomic E-state index is 8.35. The Balaban J connectivity index is 2.77. The molecule has 1 heterocycles. The minimum atomic E-state index is 0.531. The summed E-state index contributed by atoms with van der Waals surface area (Å²) < 4.78 is 0. The SMILES string of the molecule is Cc1cc(CCC#N)cnc1Cl. The van der Waals surface area contributed by atoms with Crippen molar-refractivity contribution in [1.29, 1.82) is 5.26 Å². The molecule has 2 nitrogen and oxygen atoms in total. The first-order valence-electron chi connectivity index (χ1n) is 3.72. The van der Waals surface area contributed by atoms with Crippen LogP contribution in [0.25, 0.3) is 0 Å². The quantitative estimate of drug-likeness (QED) is 0.656. The predicted octanol–water partition coefficient (Wildman–Crippen LogP) is 2.50. The lowest BCUT2D eigenvalue weighted by Crippen LogP contribution is -1.88. The number of rotatable bonds is 2. The van der Waals surface area contributed by atoms with Gasteiger partial charge in [-0.25, -0.2) is 4.98 Å². The number of nitriles is 1. The van der Waals surface area contributed by atoms with Crippen molar-refractivity contribution in [2.24, 2.45) is 0 Å². The Labute approximate surface area is 76.8 Å². The van der Waals surface area contributed by atoms with Crippen LogP contribution in [0.3, 0.4) is 0 Å². The van der Waals surface area contributed by atoms with Crippen molar-refractivity contribution in [3.63, 3.8) is 0 Å². The average molecular weight is 181 g/mol. The predicted molar refractivity (Wildman–Crippen MR) is 47.9 cm³/mol. The van der Waals surface area contributed by atoms with Gasteiger partial charge in [0.25, 0.3) is 0 Å². The summed E-state index contributed by atoms with van der Waals surface area (Å²) in [6, 6.07) is 4.05. The third-order valence-electron chi connectivity index (χ3n) is 1.60. The first-order chi connectivity index (χ1) is 5.74. The van der Waals surface area contributed by atoms with Gasteiger partial charge in [-0.3, -0.25) is 0 Å². The molecule has 0 unspecified atom stereocenters. The lowest BCUT2D eigenvalue weighted by atomic mass is 10.1. The zero-order valence-corrected chi connectivity index (χ0v) is 7.60. The van der Waals surface area contributed by atoms with Crippen LogP contribution >= 0.6 is 11.6 Å². The molecule has 0 saturated heterocycles. The Hall–Kier alpha value is -1.07. The second kappa shape index (κ2) is 4.08. The van der Waals surface area contributed by atoms with Crippen LogP contribution in [-0.2, 0) is 6.42 Å². The van der Waals surface area contributed by atoms with Gasteiger partial charge in [0.2, 0.25) is 0 Å². The van der Waals surface area contributed by atoms with Crippen LogP contribution in [0.1, 0.15) is 17.5 Å². The highest BCUT2D eigenvalue weighted by molar-refractivity contribution is 6.30. The Kier molecular flexibility index (Phi) is 3.07. The molecule has 0 amide bonds. The van der Waals surface area contributed by atoms with Gasteiger partial charge in [0, 0.05) is 12.6 Å². The van der Waals surface area contributed by atoms with Crippen LogP contribution in [0.15, 0.2) is 12.3 Å². The highest BCUT2D eigenvalue weighted by Crippen LogP contribution is 2.13. The molecular formula is C9H9ClN2. The van der Waals surface area contributed by atoms with E-state index in [0.717, 1.165) is 17.5 Å². The lowest BCUT2D eigenvalue weighted by molar-refractivity contribution is 0.991. The Morgan fingerprint density at radius 1 is 1.67 bits per heavy atom. The van der Waals surface area contributed by atoms with Crippen LogP contribution in [0, 0.1) is 18.3 Å². The molecule has 1 aromatic rings. The smallest absolute Gasteiger partial charge is 0.131 e. The second-order valence-corrected chi connectivity index (χ2v) is 2.97. The Morgan fingerprint density at radius 3 is 3.00 bits per heavy atom. The molecular weight excluding hydrogens is 172 g/mol. The number of halogens is 1. The largest absolute Gasteiger partial charge is 0.244 e. The molecule has 0 aliphatic heterocycles. The molecule has 1 aromatic heterocycles. The zero-order chi connectivity index (χ0) is 8.97. The second-order valence-electron chi connectivity index (χ2n) is 2.61. The summed E-state index contributed by atoms with van der Waals surface area (Å²) in [5, 5.41) is 8.89. The normalized spacial score (nSPS) is 9.42. The van der Waals surface area contributed by atoms with Gasteiger partial charge < -0.3 is 0 Å². The van der Waals surface area contributed by atoms with E-state index in [0.29, 0.717) is 11.6 Å². The number of hydrogen-bond acceptors (Lipinski definition) is 2. The number of aromatic nitrogens is 1. The topological polar surface area (TPSA) is 36.7 Å². The highest BCUT2D eigenvalue weighted by atomic mass is 35.5. The maximum Gasteiger partial charge on any atom is 0.131 e. The van der Waals surface area contributed by atoms with Crippen LogP contribution < -0.4 is 0 Å². The Bertz CT molecular complexity index is 315. The minimum absolute atomic E-state index is 0.531. The molecule has 3 heteroatoms. The van der Waals surface area contributed by atoms with Crippen molar-refractivity contribution in [3.05, 3.63) is 28.5 Å². The standard InChI is InChI=1S/C9H9ClN2/c1-7-5-8(3-2-4-11)6-12-9(7)10/h5-6H,2-3H2,1H3. The van der Waals surface area contributed by atoms with E-state index in [-0.39, 0.29) is 0 Å². The van der Waals surface area contributed by atoms with E-state index in [9.17, 15) is 0 Å². The molecule has 0 N–H and O–H groups in total. The van der Waals surface area contributed by atoms with Crippen molar-refractivity contribution in [1.82, 2.24) is 4.98 Å². The summed E-state index contributed by atoms with van der Waals surface area (Å²) in [7, 11) is 0. The molecule has 0 aromatic carbocycles. The first kappa shape index (κ1) is 9.02. The Morgan fingerprint density at radius 2 is 2.42 bits per heavy atom. The van der Waals surface area contributed by atoms with Gasteiger partial charge in [-0.2, -0.15) is 5.26 Å². The lowest BCUT2D eigenvalue weighted by Gasteiger charge is -1.99. The highest BCUT2D eigenvalue weighted by Gasteiger charge is 1.98. The van der Waals surface area contributed by atoms with E-state index < -0.39 is 0 Å². The van der Waals surface area contributed by atoms with Crippen molar-refractivity contribution in [2.45, 2.75) is 19.8 Å². The van der Waals surface area contributed by atoms with Gasteiger partial charge in [0.1, 0.15) is 5.15 Å². The molecule has 0 aliphatic carbocycles. The van der Waals surface area contributed by atoms with E-state index in [1.54, 1.807) is 6.20 Å². The fourth-order valence-electron chi connectivity index (χ4n) is 0.953. The van der Waals surface area contributed by atoms with Gasteiger partial charge in [0.05, 0.1) is 6.07 Å². The van der Waals surface area contributed by atoms with Crippen molar-refractivity contribution in [2.75, 3.05) is 0 Å². The van der Waals surface area contributed by atoms with Gasteiger partial charge >= 0.3 is 0 Å². The van der Waals surface area contributed by atoms with Crippen LogP contribution in [-0.4, -0.2) is 4.98 Å². The summed E-state index contributed by atoms with van der Waals surface area (Å²) in [6.45, 7) is 1.91. The number of hydrogen-bond donors (Lipinski definition) is 0. The van der Waals surface area contributed by atoms with Gasteiger partial charge in [-0.05, 0) is 24.5 Å². The van der Waals surface area contributed by atoms with E-state index in [1.165, 1.54) is 0 Å². The molecule has 0 aliphatic rings. The third kappa shape index (κ3) is 2.21. The minimum Gasteiger partial charge on any atom is -0.244 e. The van der Waals surface area contributed by atoms with Crippen molar-refractivity contribution in [3.8, 4) is 6.07 Å². The third-order valence-corrected chi connectivity index (χ3v) is 1.99. The van der Waals surface area contributed by atoms with Crippen LogP contribution in [0.5, 0.6) is 0 Å². The van der Waals surface area contributed by atoms with E-state index >= 15 is 0 Å². The summed E-state index contributed by atoms with van der Waals surface area (Å²) in [5.41, 5.74) is 2.03. The maximum atomic E-state index is 8.35. The molecule has 0 fully saturated rings. The van der Waals surface area contributed by atoms with Crippen LogP contribution in [0.2, 0.25) is 5.15 Å². The number of nitrogens with zero attached hydrogens (tertiary/aromatic N) is 2. The molecule has 12 heavy (non-hydrogen) atoms. The fourth-order valence-corrected chi connectivity index (χ4v) is 1.06. The van der Waals surface area contributed by atoms with Gasteiger partial charge in [0.15, 0.2) is 0 Å². The average Bonchev–Trinajstić information content (AvgIpc) is 2.07. The molecule has 0 saturated carbocycles. The molecule has 0 radical (unpaired) electrons. The molecule has 0 spiro atoms. The summed E-state index contributed by atoms with van der Waals surface area (Å²) in [6.07, 6.45) is 3.00. The first-order valence-corrected chi connectivity index (χ1v) is 4.10. The summed E-state index contributed by atoms with van der Waals surface area (Å²) in [5.74, 6) is 0. The van der Waals surface area contributed by atoms with E-state index in [1.807, 2.05) is 13.0 Å². The summed E-state index contributed by atoms with van der Waals surface area (Å²) in [4.78, 5) is 3.99. The van der Waals surface area contributed by atoms with E-state index in [4.69, 9.17) is 16.9 Å². The van der Waals surface area contributed by atoms with Gasteiger partial charge in [-0.1, -0.05) is 17.7 Å². The van der Waals surface area contributed by atoms with Crippen molar-refractivity contribution < 1.29 is 0 Å². The molecule has 62 valence electrons. The molecule has 1 rings (SSSR count). The number of pyridine rings is 1. The van der Waals surface area contributed by atoms with Crippen molar-refractivity contribution >= 4 is 11.6 Å². The number of aryl methyl sites for hydroxylation is 2. The fraction of sp³-hybridized carbons (Fsp3) is 0.333. The zero-order valence-electron chi connectivity index (χ0n) is 6.84. The summed E-state index contributed by atoms with van der Waals surface area (Å²) >= 11 is 5.74. The van der Waals surface area contributed by atoms with E-state index in [2.05, 4.69) is 11.1 Å². The molecule has 0 atom stereocenters. The monoisotopic (exact) mass is 180 g/mol. The molecule has 0 bridgehead atoms.